The van der Waals surface area contributed by atoms with Gasteiger partial charge in [-0.1, -0.05) is 18.2 Å². The molecule has 0 saturated heterocycles. The molecule has 0 amide bonds. The zero-order valence-electron chi connectivity index (χ0n) is 13.7. The number of rotatable bonds is 4. The monoisotopic (exact) mass is 368 g/mol. The number of fused-ring (bicyclic) bond motifs is 3. The molecule has 0 N–H and O–H groups in total. The highest BCUT2D eigenvalue weighted by Crippen LogP contribution is 2.56. The first-order chi connectivity index (χ1) is 11.6. The van der Waals surface area contributed by atoms with E-state index in [2.05, 4.69) is 0 Å². The van der Waals surface area contributed by atoms with E-state index in [9.17, 15) is 9.59 Å². The molecule has 0 spiro atoms. The van der Waals surface area contributed by atoms with Gasteiger partial charge in [0.15, 0.2) is 0 Å². The Hall–Kier alpha value is -1.20. The number of benzene rings is 1. The molecule has 2 bridgehead atoms. The molecule has 0 aromatic heterocycles. The Kier molecular flexibility index (Phi) is 5.40. The summed E-state index contributed by atoms with van der Waals surface area (Å²) < 4.78 is 9.96. The molecule has 3 fully saturated rings. The summed E-state index contributed by atoms with van der Waals surface area (Å²) in [6, 6.07) is 10.0. The fourth-order valence-electron chi connectivity index (χ4n) is 4.21. The number of halogens is 1. The van der Waals surface area contributed by atoms with Crippen LogP contribution < -0.4 is 0 Å². The molecule has 130 valence electrons. The Balaban J connectivity index is 1.91. The van der Waals surface area contributed by atoms with Gasteiger partial charge in [0.1, 0.15) is 0 Å². The lowest BCUT2D eigenvalue weighted by atomic mass is 9.58. The van der Waals surface area contributed by atoms with Crippen molar-refractivity contribution in [3.05, 3.63) is 30.3 Å². The molecule has 0 unspecified atom stereocenters. The zero-order chi connectivity index (χ0) is 17.3. The lowest BCUT2D eigenvalue weighted by Crippen LogP contribution is -2.58. The highest BCUT2D eigenvalue weighted by molar-refractivity contribution is 8.00. The molecule has 1 aromatic rings. The van der Waals surface area contributed by atoms with Gasteiger partial charge < -0.3 is 9.47 Å². The van der Waals surface area contributed by atoms with Gasteiger partial charge in [0.2, 0.25) is 0 Å². The maximum atomic E-state index is 12.4. The Morgan fingerprint density at radius 1 is 1.00 bits per heavy atom. The van der Waals surface area contributed by atoms with Crippen LogP contribution >= 0.6 is 23.4 Å². The van der Waals surface area contributed by atoms with Crippen LogP contribution in [0.1, 0.15) is 12.8 Å². The molecule has 6 heteroatoms. The molecule has 4 rings (SSSR count). The van der Waals surface area contributed by atoms with Crippen molar-refractivity contribution in [1.82, 2.24) is 0 Å². The van der Waals surface area contributed by atoms with Crippen LogP contribution in [0.25, 0.3) is 0 Å². The summed E-state index contributed by atoms with van der Waals surface area (Å²) >= 11 is 8.45. The standard InChI is InChI=1S/C18H21ClO4S/c1-22-17(20)13-11-8-9-12(14(13)18(21)23-2)16(15(11)19)24-10-6-4-3-5-7-10/h3-7,11-16H,8-9H2,1-2H3/t11-,12+,13+,14-,15-,16-/m0/s1. The molecular weight excluding hydrogens is 348 g/mol. The van der Waals surface area contributed by atoms with E-state index in [0.717, 1.165) is 17.7 Å². The van der Waals surface area contributed by atoms with Crippen molar-refractivity contribution in [2.75, 3.05) is 14.2 Å². The van der Waals surface area contributed by atoms with Gasteiger partial charge in [0.25, 0.3) is 0 Å². The van der Waals surface area contributed by atoms with Crippen LogP contribution in [0.3, 0.4) is 0 Å². The summed E-state index contributed by atoms with van der Waals surface area (Å²) in [7, 11) is 2.73. The normalized spacial score (nSPS) is 34.6. The van der Waals surface area contributed by atoms with E-state index in [1.54, 1.807) is 11.8 Å². The number of carbonyl (C=O) groups is 2. The van der Waals surface area contributed by atoms with Gasteiger partial charge in [-0.2, -0.15) is 0 Å². The first kappa shape index (κ1) is 17.6. The van der Waals surface area contributed by atoms with E-state index >= 15 is 0 Å². The smallest absolute Gasteiger partial charge is 0.309 e. The van der Waals surface area contributed by atoms with Gasteiger partial charge >= 0.3 is 11.9 Å². The fourth-order valence-corrected chi connectivity index (χ4v) is 6.27. The quantitative estimate of drug-likeness (QED) is 0.602. The van der Waals surface area contributed by atoms with Crippen LogP contribution in [0.2, 0.25) is 0 Å². The third kappa shape index (κ3) is 3.04. The summed E-state index contributed by atoms with van der Waals surface area (Å²) in [5.74, 6) is -1.71. The Labute approximate surface area is 151 Å². The van der Waals surface area contributed by atoms with Crippen molar-refractivity contribution in [1.29, 1.82) is 0 Å². The molecule has 0 aliphatic heterocycles. The molecule has 1 aromatic carbocycles. The number of methoxy groups -OCH3 is 2. The van der Waals surface area contributed by atoms with Crippen molar-refractivity contribution in [3.63, 3.8) is 0 Å². The summed E-state index contributed by atoms with van der Waals surface area (Å²) in [5.41, 5.74) is 0. The van der Waals surface area contributed by atoms with Crippen molar-refractivity contribution in [2.45, 2.75) is 28.4 Å². The Bertz CT molecular complexity index is 608. The number of esters is 2. The minimum Gasteiger partial charge on any atom is -0.469 e. The van der Waals surface area contributed by atoms with Crippen LogP contribution in [-0.2, 0) is 19.1 Å². The minimum atomic E-state index is -0.503. The number of carbonyl (C=O) groups excluding carboxylic acids is 2. The van der Waals surface area contributed by atoms with Crippen LogP contribution in [0.5, 0.6) is 0 Å². The molecular formula is C18H21ClO4S. The minimum absolute atomic E-state index is 0.0132. The molecule has 4 nitrogen and oxygen atoms in total. The first-order valence-corrected chi connectivity index (χ1v) is 9.41. The average Bonchev–Trinajstić information content (AvgIpc) is 2.63. The van der Waals surface area contributed by atoms with Gasteiger partial charge in [0.05, 0.1) is 26.1 Å². The lowest BCUT2D eigenvalue weighted by molar-refractivity contribution is -0.169. The van der Waals surface area contributed by atoms with Crippen molar-refractivity contribution in [2.24, 2.45) is 23.7 Å². The fraction of sp³-hybridized carbons (Fsp3) is 0.556. The summed E-state index contributed by atoms with van der Waals surface area (Å²) in [5, 5.41) is -0.0863. The maximum Gasteiger partial charge on any atom is 0.309 e. The summed E-state index contributed by atoms with van der Waals surface area (Å²) in [6.07, 6.45) is 1.73. The average molecular weight is 369 g/mol. The second kappa shape index (κ2) is 7.36. The van der Waals surface area contributed by atoms with E-state index < -0.39 is 11.8 Å². The number of hydrogen-bond acceptors (Lipinski definition) is 5. The third-order valence-electron chi connectivity index (χ3n) is 5.25. The Morgan fingerprint density at radius 2 is 1.54 bits per heavy atom. The highest BCUT2D eigenvalue weighted by Gasteiger charge is 2.59. The number of ether oxygens (including phenoxy) is 2. The highest BCUT2D eigenvalue weighted by atomic mass is 35.5. The third-order valence-corrected chi connectivity index (χ3v) is 7.45. The number of alkyl halides is 1. The van der Waals surface area contributed by atoms with E-state index in [-0.39, 0.29) is 34.4 Å². The van der Waals surface area contributed by atoms with E-state index in [0.29, 0.717) is 0 Å². The summed E-state index contributed by atoms with van der Waals surface area (Å²) in [6.45, 7) is 0. The van der Waals surface area contributed by atoms with Gasteiger partial charge in [-0.15, -0.1) is 23.4 Å². The largest absolute Gasteiger partial charge is 0.469 e. The predicted molar refractivity (Wildman–Crippen MR) is 93.0 cm³/mol. The lowest BCUT2D eigenvalue weighted by Gasteiger charge is -2.52. The first-order valence-electron chi connectivity index (χ1n) is 8.10. The second-order valence-corrected chi connectivity index (χ2v) is 8.10. The van der Waals surface area contributed by atoms with Gasteiger partial charge in [-0.25, -0.2) is 0 Å². The van der Waals surface area contributed by atoms with E-state index in [4.69, 9.17) is 21.1 Å². The number of thioether (sulfide) groups is 1. The topological polar surface area (TPSA) is 52.6 Å². The SMILES string of the molecule is COC(=O)[C@@H]1[C@@H]2CC[C@@H]([C@H](Sc3ccccc3)[C@H]2Cl)[C@@H]1C(=O)OC. The number of hydrogen-bond donors (Lipinski definition) is 0. The molecule has 0 heterocycles. The van der Waals surface area contributed by atoms with Crippen LogP contribution in [0, 0.1) is 23.7 Å². The molecule has 3 aliphatic rings. The van der Waals surface area contributed by atoms with Crippen LogP contribution in [0.15, 0.2) is 35.2 Å². The van der Waals surface area contributed by atoms with Gasteiger partial charge in [0, 0.05) is 15.5 Å². The zero-order valence-corrected chi connectivity index (χ0v) is 15.3. The maximum absolute atomic E-state index is 12.4. The van der Waals surface area contributed by atoms with Crippen molar-refractivity contribution in [3.8, 4) is 0 Å². The summed E-state index contributed by atoms with van der Waals surface area (Å²) in [4.78, 5) is 25.8. The predicted octanol–water partition coefficient (Wildman–Crippen LogP) is 3.37. The molecule has 24 heavy (non-hydrogen) atoms. The van der Waals surface area contributed by atoms with Crippen molar-refractivity contribution < 1.29 is 19.1 Å². The Morgan fingerprint density at radius 3 is 2.12 bits per heavy atom. The molecule has 0 radical (unpaired) electrons. The van der Waals surface area contributed by atoms with Crippen LogP contribution in [0.4, 0.5) is 0 Å². The molecule has 6 atom stereocenters. The second-order valence-electron chi connectivity index (χ2n) is 6.34. The van der Waals surface area contributed by atoms with Crippen molar-refractivity contribution >= 4 is 35.3 Å². The molecule has 3 saturated carbocycles. The van der Waals surface area contributed by atoms with E-state index in [1.807, 2.05) is 30.3 Å². The van der Waals surface area contributed by atoms with Crippen LogP contribution in [-0.4, -0.2) is 36.8 Å². The van der Waals surface area contributed by atoms with E-state index in [1.165, 1.54) is 14.2 Å². The molecule has 3 aliphatic carbocycles. The van der Waals surface area contributed by atoms with Gasteiger partial charge in [-0.3, -0.25) is 9.59 Å². The van der Waals surface area contributed by atoms with Gasteiger partial charge in [-0.05, 0) is 36.8 Å².